The largest absolute Gasteiger partial charge is 0.340 e. The Hall–Kier alpha value is -0.570. The van der Waals surface area contributed by atoms with Crippen molar-refractivity contribution in [1.29, 1.82) is 0 Å². The lowest BCUT2D eigenvalue weighted by Crippen LogP contribution is -2.51. The molecule has 0 aromatic heterocycles. The van der Waals surface area contributed by atoms with Crippen molar-refractivity contribution in [3.8, 4) is 0 Å². The summed E-state index contributed by atoms with van der Waals surface area (Å²) in [6.07, 6.45) is 3.46. The first-order valence-corrected chi connectivity index (χ1v) is 6.25. The smallest absolute Gasteiger partial charge is 0.225 e. The Morgan fingerprint density at radius 2 is 1.87 bits per heavy atom. The van der Waals surface area contributed by atoms with Gasteiger partial charge in [-0.1, -0.05) is 6.92 Å². The highest BCUT2D eigenvalue weighted by Gasteiger charge is 2.34. The molecule has 1 aliphatic heterocycles. The first-order chi connectivity index (χ1) is 7.22. The van der Waals surface area contributed by atoms with Gasteiger partial charge in [-0.15, -0.1) is 0 Å². The van der Waals surface area contributed by atoms with Crippen LogP contribution < -0.4 is 0 Å². The normalized spacial score (nSPS) is 25.3. The molecule has 0 aromatic carbocycles. The fourth-order valence-electron chi connectivity index (χ4n) is 2.23. The van der Waals surface area contributed by atoms with E-state index < -0.39 is 0 Å². The highest BCUT2D eigenvalue weighted by molar-refractivity contribution is 5.81. The number of carbonyl (C=O) groups is 1. The molecule has 0 radical (unpaired) electrons. The van der Waals surface area contributed by atoms with Gasteiger partial charge in [-0.2, -0.15) is 0 Å². The van der Waals surface area contributed by atoms with Crippen LogP contribution in [0.15, 0.2) is 0 Å². The van der Waals surface area contributed by atoms with Crippen molar-refractivity contribution in [3.63, 3.8) is 0 Å². The van der Waals surface area contributed by atoms with Crippen LogP contribution in [0.1, 0.15) is 33.1 Å². The summed E-state index contributed by atoms with van der Waals surface area (Å²) in [5, 5.41) is 0. The Morgan fingerprint density at radius 1 is 1.27 bits per heavy atom. The molecule has 2 aliphatic rings. The van der Waals surface area contributed by atoms with E-state index >= 15 is 0 Å². The molecular weight excluding hydrogens is 188 g/mol. The third kappa shape index (κ3) is 2.51. The first-order valence-electron chi connectivity index (χ1n) is 6.25. The minimum Gasteiger partial charge on any atom is -0.340 e. The Morgan fingerprint density at radius 3 is 2.33 bits per heavy atom. The molecule has 1 unspecified atom stereocenters. The summed E-state index contributed by atoms with van der Waals surface area (Å²) in [4.78, 5) is 16.4. The van der Waals surface area contributed by atoms with E-state index in [1.54, 1.807) is 0 Å². The first kappa shape index (κ1) is 10.9. The molecule has 1 amide bonds. The van der Waals surface area contributed by atoms with Gasteiger partial charge in [-0.05, 0) is 26.2 Å². The van der Waals surface area contributed by atoms with Crippen molar-refractivity contribution in [2.75, 3.05) is 26.2 Å². The summed E-state index contributed by atoms with van der Waals surface area (Å²) in [7, 11) is 0. The van der Waals surface area contributed by atoms with Crippen LogP contribution in [0.25, 0.3) is 0 Å². The molecule has 1 aliphatic carbocycles. The van der Waals surface area contributed by atoms with Gasteiger partial charge in [0.25, 0.3) is 0 Å². The van der Waals surface area contributed by atoms with E-state index in [0.717, 1.165) is 39.0 Å². The quantitative estimate of drug-likeness (QED) is 0.702. The van der Waals surface area contributed by atoms with E-state index in [1.165, 1.54) is 6.42 Å². The van der Waals surface area contributed by atoms with Crippen LogP contribution in [0, 0.1) is 5.92 Å². The van der Waals surface area contributed by atoms with E-state index in [4.69, 9.17) is 0 Å². The van der Waals surface area contributed by atoms with E-state index in [0.29, 0.717) is 17.9 Å². The molecule has 3 heteroatoms. The van der Waals surface area contributed by atoms with Crippen LogP contribution in [0.3, 0.4) is 0 Å². The van der Waals surface area contributed by atoms with E-state index in [2.05, 4.69) is 23.6 Å². The van der Waals surface area contributed by atoms with Crippen LogP contribution in [-0.2, 0) is 4.79 Å². The standard InChI is InChI=1S/C12H22N2O/c1-3-10(2)13-6-8-14(9-7-13)12(15)11-4-5-11/h10-11H,3-9H2,1-2H3. The molecular formula is C12H22N2O. The number of piperazine rings is 1. The number of amides is 1. The molecule has 0 aromatic rings. The van der Waals surface area contributed by atoms with Gasteiger partial charge in [0.15, 0.2) is 0 Å². The van der Waals surface area contributed by atoms with Gasteiger partial charge >= 0.3 is 0 Å². The SMILES string of the molecule is CCC(C)N1CCN(C(=O)C2CC2)CC1. The van der Waals surface area contributed by atoms with Crippen LogP contribution in [0.5, 0.6) is 0 Å². The van der Waals surface area contributed by atoms with Crippen LogP contribution in [0.2, 0.25) is 0 Å². The maximum Gasteiger partial charge on any atom is 0.225 e. The van der Waals surface area contributed by atoms with Gasteiger partial charge in [0.05, 0.1) is 0 Å². The summed E-state index contributed by atoms with van der Waals surface area (Å²) in [5.41, 5.74) is 0. The second-order valence-corrected chi connectivity index (χ2v) is 4.89. The number of hydrogen-bond acceptors (Lipinski definition) is 2. The van der Waals surface area contributed by atoms with E-state index in [-0.39, 0.29) is 0 Å². The average molecular weight is 210 g/mol. The summed E-state index contributed by atoms with van der Waals surface area (Å²) in [6, 6.07) is 0.670. The van der Waals surface area contributed by atoms with Crippen LogP contribution in [0.4, 0.5) is 0 Å². The summed E-state index contributed by atoms with van der Waals surface area (Å²) >= 11 is 0. The van der Waals surface area contributed by atoms with Crippen LogP contribution >= 0.6 is 0 Å². The van der Waals surface area contributed by atoms with Gasteiger partial charge in [0.1, 0.15) is 0 Å². The molecule has 1 saturated heterocycles. The maximum absolute atomic E-state index is 11.8. The highest BCUT2D eigenvalue weighted by atomic mass is 16.2. The van der Waals surface area contributed by atoms with E-state index in [9.17, 15) is 4.79 Å². The minimum absolute atomic E-state index is 0.389. The lowest BCUT2D eigenvalue weighted by atomic mass is 10.2. The van der Waals surface area contributed by atoms with Gasteiger partial charge in [0, 0.05) is 38.1 Å². The number of carbonyl (C=O) groups excluding carboxylic acids is 1. The summed E-state index contributed by atoms with van der Waals surface area (Å²) in [5.74, 6) is 0.805. The van der Waals surface area contributed by atoms with Crippen LogP contribution in [-0.4, -0.2) is 47.9 Å². The molecule has 15 heavy (non-hydrogen) atoms. The van der Waals surface area contributed by atoms with Crippen molar-refractivity contribution in [3.05, 3.63) is 0 Å². The second-order valence-electron chi connectivity index (χ2n) is 4.89. The average Bonchev–Trinajstić information content (AvgIpc) is 3.11. The van der Waals surface area contributed by atoms with Crippen molar-refractivity contribution < 1.29 is 4.79 Å². The maximum atomic E-state index is 11.8. The predicted molar refractivity (Wildman–Crippen MR) is 60.6 cm³/mol. The molecule has 0 N–H and O–H groups in total. The summed E-state index contributed by atoms with van der Waals surface area (Å²) < 4.78 is 0. The molecule has 1 heterocycles. The Labute approximate surface area is 92.4 Å². The predicted octanol–water partition coefficient (Wildman–Crippen LogP) is 1.34. The number of nitrogens with zero attached hydrogens (tertiary/aromatic N) is 2. The van der Waals surface area contributed by atoms with E-state index in [1.807, 2.05) is 0 Å². The zero-order valence-corrected chi connectivity index (χ0v) is 9.91. The molecule has 0 spiro atoms. The molecule has 3 nitrogen and oxygen atoms in total. The summed E-state index contributed by atoms with van der Waals surface area (Å²) in [6.45, 7) is 8.52. The van der Waals surface area contributed by atoms with Crippen molar-refractivity contribution in [1.82, 2.24) is 9.80 Å². The lowest BCUT2D eigenvalue weighted by molar-refractivity contribution is -0.134. The third-order valence-corrected chi connectivity index (χ3v) is 3.77. The van der Waals surface area contributed by atoms with Gasteiger partial charge < -0.3 is 4.90 Å². The van der Waals surface area contributed by atoms with Gasteiger partial charge in [-0.25, -0.2) is 0 Å². The third-order valence-electron chi connectivity index (χ3n) is 3.77. The number of rotatable bonds is 3. The second kappa shape index (κ2) is 4.52. The Balaban J connectivity index is 1.78. The monoisotopic (exact) mass is 210 g/mol. The van der Waals surface area contributed by atoms with Gasteiger partial charge in [0.2, 0.25) is 5.91 Å². The van der Waals surface area contributed by atoms with Gasteiger partial charge in [-0.3, -0.25) is 9.69 Å². The molecule has 86 valence electrons. The molecule has 1 atom stereocenters. The Kier molecular flexibility index (Phi) is 3.29. The zero-order valence-electron chi connectivity index (χ0n) is 9.91. The fraction of sp³-hybridized carbons (Fsp3) is 0.917. The molecule has 1 saturated carbocycles. The minimum atomic E-state index is 0.389. The topological polar surface area (TPSA) is 23.6 Å². The molecule has 2 rings (SSSR count). The fourth-order valence-corrected chi connectivity index (χ4v) is 2.23. The molecule has 2 fully saturated rings. The number of hydrogen-bond donors (Lipinski definition) is 0. The van der Waals surface area contributed by atoms with Crippen molar-refractivity contribution in [2.45, 2.75) is 39.2 Å². The van der Waals surface area contributed by atoms with Crippen molar-refractivity contribution in [2.24, 2.45) is 5.92 Å². The molecule has 0 bridgehead atoms. The van der Waals surface area contributed by atoms with Crippen molar-refractivity contribution >= 4 is 5.91 Å². The lowest BCUT2D eigenvalue weighted by Gasteiger charge is -2.37. The Bertz CT molecular complexity index is 230. The zero-order chi connectivity index (χ0) is 10.8. The highest BCUT2D eigenvalue weighted by Crippen LogP contribution is 2.31.